The molecule has 1 N–H and O–H groups in total. The van der Waals surface area contributed by atoms with Gasteiger partial charge in [-0.2, -0.15) is 0 Å². The molecule has 0 aliphatic heterocycles. The van der Waals surface area contributed by atoms with Crippen molar-refractivity contribution in [1.82, 2.24) is 9.55 Å². The van der Waals surface area contributed by atoms with Crippen molar-refractivity contribution in [2.75, 3.05) is 0 Å². The summed E-state index contributed by atoms with van der Waals surface area (Å²) in [4.78, 5) is 24.5. The highest BCUT2D eigenvalue weighted by atomic mass is 16.6. The topological polar surface area (TPSA) is 111 Å². The average molecular weight is 211 g/mol. The van der Waals surface area contributed by atoms with Crippen molar-refractivity contribution in [3.05, 3.63) is 32.9 Å². The van der Waals surface area contributed by atoms with Crippen molar-refractivity contribution in [1.29, 1.82) is 0 Å². The third-order valence-corrected chi connectivity index (χ3v) is 1.84. The Morgan fingerprint density at radius 2 is 2.40 bits per heavy atom. The van der Waals surface area contributed by atoms with Crippen LogP contribution in [-0.4, -0.2) is 19.6 Å². The van der Waals surface area contributed by atoms with Crippen LogP contribution < -0.4 is 5.76 Å². The summed E-state index contributed by atoms with van der Waals surface area (Å²) in [5.41, 5.74) is -0.224. The molecule has 0 aromatic carbocycles. The molecule has 0 radical (unpaired) electrons. The van der Waals surface area contributed by atoms with Gasteiger partial charge < -0.3 is 9.52 Å². The summed E-state index contributed by atoms with van der Waals surface area (Å²) in [6.07, 6.45) is 0.990. The molecule has 2 rings (SSSR count). The second-order valence-electron chi connectivity index (χ2n) is 2.71. The first-order valence-electron chi connectivity index (χ1n) is 3.88. The lowest BCUT2D eigenvalue weighted by Crippen LogP contribution is -2.13. The van der Waals surface area contributed by atoms with Gasteiger partial charge in [0.15, 0.2) is 11.2 Å². The Morgan fingerprint density at radius 1 is 1.67 bits per heavy atom. The number of hydrogen-bond acceptors (Lipinski definition) is 6. The van der Waals surface area contributed by atoms with Crippen molar-refractivity contribution in [2.24, 2.45) is 0 Å². The maximum Gasteiger partial charge on any atom is 0.423 e. The van der Waals surface area contributed by atoms with Crippen molar-refractivity contribution in [3.8, 4) is 0 Å². The summed E-state index contributed by atoms with van der Waals surface area (Å²) in [6, 6.07) is 1.08. The van der Waals surface area contributed by atoms with Gasteiger partial charge >= 0.3 is 5.76 Å². The molecule has 2 heterocycles. The number of oxazole rings is 1. The first kappa shape index (κ1) is 9.34. The molecule has 8 heteroatoms. The smallest absolute Gasteiger partial charge is 0.406 e. The fraction of sp³-hybridized carbons (Fsp3) is 0.143. The van der Waals surface area contributed by atoms with Crippen LogP contribution in [0, 0.1) is 10.1 Å². The molecule has 0 aliphatic carbocycles. The summed E-state index contributed by atoms with van der Waals surface area (Å²) < 4.78 is 5.52. The van der Waals surface area contributed by atoms with Gasteiger partial charge in [0.2, 0.25) is 0 Å². The second-order valence-corrected chi connectivity index (χ2v) is 2.71. The summed E-state index contributed by atoms with van der Waals surface area (Å²) in [7, 11) is 0. The van der Waals surface area contributed by atoms with E-state index in [-0.39, 0.29) is 16.9 Å². The Bertz CT molecular complexity index is 584. The van der Waals surface area contributed by atoms with Gasteiger partial charge in [-0.3, -0.25) is 10.1 Å². The second kappa shape index (κ2) is 3.17. The number of rotatable bonds is 2. The van der Waals surface area contributed by atoms with Crippen LogP contribution in [0.1, 0.15) is 0 Å². The number of aliphatic hydroxyl groups excluding tert-OH is 1. The maximum absolute atomic E-state index is 11.1. The molecule has 0 spiro atoms. The van der Waals surface area contributed by atoms with E-state index in [1.807, 2.05) is 0 Å². The SMILES string of the molecule is O=c1oc2cc([N+](=O)[O-])cnc2n1CO. The molecule has 0 atom stereocenters. The van der Waals surface area contributed by atoms with Crippen LogP contribution in [0.2, 0.25) is 0 Å². The van der Waals surface area contributed by atoms with E-state index in [9.17, 15) is 14.9 Å². The van der Waals surface area contributed by atoms with Gasteiger partial charge in [-0.25, -0.2) is 14.3 Å². The molecule has 2 aromatic heterocycles. The predicted octanol–water partition coefficient (Wildman–Crippen LogP) is -0.153. The molecule has 0 unspecified atom stereocenters. The van der Waals surface area contributed by atoms with Gasteiger partial charge in [0.05, 0.1) is 11.0 Å². The molecular formula is C7H5N3O5. The number of pyridine rings is 1. The molecule has 0 fully saturated rings. The van der Waals surface area contributed by atoms with Crippen LogP contribution in [0.25, 0.3) is 11.2 Å². The van der Waals surface area contributed by atoms with E-state index in [4.69, 9.17) is 5.11 Å². The summed E-state index contributed by atoms with van der Waals surface area (Å²) in [6.45, 7) is -0.587. The number of nitro groups is 1. The third-order valence-electron chi connectivity index (χ3n) is 1.84. The largest absolute Gasteiger partial charge is 0.423 e. The zero-order chi connectivity index (χ0) is 11.0. The van der Waals surface area contributed by atoms with Crippen LogP contribution >= 0.6 is 0 Å². The molecule has 0 saturated carbocycles. The van der Waals surface area contributed by atoms with Crippen LogP contribution in [-0.2, 0) is 6.73 Å². The fourth-order valence-corrected chi connectivity index (χ4v) is 1.17. The molecule has 78 valence electrons. The lowest BCUT2D eigenvalue weighted by atomic mass is 10.4. The van der Waals surface area contributed by atoms with Crippen molar-refractivity contribution < 1.29 is 14.4 Å². The van der Waals surface area contributed by atoms with Gasteiger partial charge in [0.1, 0.15) is 12.9 Å². The minimum Gasteiger partial charge on any atom is -0.406 e. The lowest BCUT2D eigenvalue weighted by Gasteiger charge is -1.93. The van der Waals surface area contributed by atoms with Crippen molar-refractivity contribution in [2.45, 2.75) is 6.73 Å². The lowest BCUT2D eigenvalue weighted by molar-refractivity contribution is -0.385. The highest BCUT2D eigenvalue weighted by Crippen LogP contribution is 2.16. The Morgan fingerprint density at radius 3 is 3.00 bits per heavy atom. The molecule has 0 amide bonds. The Kier molecular flexibility index (Phi) is 1.97. The molecular weight excluding hydrogens is 206 g/mol. The van der Waals surface area contributed by atoms with Crippen LogP contribution in [0.3, 0.4) is 0 Å². The molecule has 2 aromatic rings. The van der Waals surface area contributed by atoms with Crippen LogP contribution in [0.4, 0.5) is 5.69 Å². The standard InChI is InChI=1S/C7H5N3O5/c11-3-9-6-5(15-7(9)12)1-4(2-8-6)10(13)14/h1-2,11H,3H2. The van der Waals surface area contributed by atoms with E-state index in [1.165, 1.54) is 0 Å². The van der Waals surface area contributed by atoms with Gasteiger partial charge in [-0.05, 0) is 0 Å². The number of hydrogen-bond donors (Lipinski definition) is 1. The predicted molar refractivity (Wildman–Crippen MR) is 47.1 cm³/mol. The Hall–Kier alpha value is -2.22. The first-order valence-corrected chi connectivity index (χ1v) is 3.88. The maximum atomic E-state index is 11.1. The molecule has 8 nitrogen and oxygen atoms in total. The quantitative estimate of drug-likeness (QED) is 0.546. The highest BCUT2D eigenvalue weighted by Gasteiger charge is 2.14. The summed E-state index contributed by atoms with van der Waals surface area (Å²) in [5, 5.41) is 19.2. The summed E-state index contributed by atoms with van der Waals surface area (Å²) >= 11 is 0. The van der Waals surface area contributed by atoms with Crippen LogP contribution in [0.5, 0.6) is 0 Å². The van der Waals surface area contributed by atoms with Gasteiger partial charge in [-0.15, -0.1) is 0 Å². The Balaban J connectivity index is 2.75. The van der Waals surface area contributed by atoms with E-state index < -0.39 is 17.4 Å². The number of aliphatic hydroxyl groups is 1. The van der Waals surface area contributed by atoms with Gasteiger partial charge in [-0.1, -0.05) is 0 Å². The molecule has 15 heavy (non-hydrogen) atoms. The minimum absolute atomic E-state index is 0.0248. The Labute approximate surface area is 81.5 Å². The molecule has 0 aliphatic rings. The van der Waals surface area contributed by atoms with Gasteiger partial charge in [0.25, 0.3) is 5.69 Å². The van der Waals surface area contributed by atoms with E-state index in [2.05, 4.69) is 9.40 Å². The first-order chi connectivity index (χ1) is 7.13. The number of fused-ring (bicyclic) bond motifs is 1. The van der Waals surface area contributed by atoms with E-state index >= 15 is 0 Å². The zero-order valence-corrected chi connectivity index (χ0v) is 7.28. The number of aromatic nitrogens is 2. The highest BCUT2D eigenvalue weighted by molar-refractivity contribution is 5.70. The van der Waals surface area contributed by atoms with E-state index in [1.54, 1.807) is 0 Å². The normalized spacial score (nSPS) is 10.7. The third kappa shape index (κ3) is 1.36. The van der Waals surface area contributed by atoms with Gasteiger partial charge in [0, 0.05) is 0 Å². The number of nitrogens with zero attached hydrogens (tertiary/aromatic N) is 3. The molecule has 0 bridgehead atoms. The average Bonchev–Trinajstić information content (AvgIpc) is 2.51. The zero-order valence-electron chi connectivity index (χ0n) is 7.28. The van der Waals surface area contributed by atoms with Crippen LogP contribution in [0.15, 0.2) is 21.5 Å². The van der Waals surface area contributed by atoms with E-state index in [0.717, 1.165) is 16.8 Å². The summed E-state index contributed by atoms with van der Waals surface area (Å²) in [5.74, 6) is -0.805. The van der Waals surface area contributed by atoms with Crippen molar-refractivity contribution >= 4 is 16.9 Å². The minimum atomic E-state index is -0.805. The van der Waals surface area contributed by atoms with Crippen molar-refractivity contribution in [3.63, 3.8) is 0 Å². The monoisotopic (exact) mass is 211 g/mol. The fourth-order valence-electron chi connectivity index (χ4n) is 1.17. The van der Waals surface area contributed by atoms with E-state index in [0.29, 0.717) is 0 Å². The molecule has 0 saturated heterocycles.